The van der Waals surface area contributed by atoms with E-state index in [-0.39, 0.29) is 32.6 Å². The molecule has 0 aliphatic heterocycles. The normalized spacial score (nSPS) is 11.0. The average molecular weight is 528 g/mol. The Kier molecular flexibility index (Phi) is 8.28. The number of rotatable bonds is 10. The Labute approximate surface area is 218 Å². The van der Waals surface area contributed by atoms with Crippen LogP contribution in [0.15, 0.2) is 65.1 Å². The number of ketones is 1. The van der Waals surface area contributed by atoms with Crippen LogP contribution in [0.4, 0.5) is 10.1 Å². The van der Waals surface area contributed by atoms with Crippen LogP contribution in [-0.2, 0) is 0 Å². The molecule has 1 heterocycles. The van der Waals surface area contributed by atoms with Crippen LogP contribution >= 0.6 is 23.2 Å². The highest BCUT2D eigenvalue weighted by Gasteiger charge is 2.24. The van der Waals surface area contributed by atoms with Gasteiger partial charge in [0, 0.05) is 16.5 Å². The minimum absolute atomic E-state index is 0.0691. The first-order valence-electron chi connectivity index (χ1n) is 11.6. The summed E-state index contributed by atoms with van der Waals surface area (Å²) in [6.07, 6.45) is 4.16. The predicted molar refractivity (Wildman–Crippen MR) is 140 cm³/mol. The van der Waals surface area contributed by atoms with Gasteiger partial charge in [0.15, 0.2) is 11.5 Å². The highest BCUT2D eigenvalue weighted by molar-refractivity contribution is 6.38. The Bertz CT molecular complexity index is 1380. The summed E-state index contributed by atoms with van der Waals surface area (Å²) >= 11 is 12.8. The number of ether oxygens (including phenoxy) is 1. The molecule has 0 aliphatic rings. The number of carbonyl (C=O) groups is 2. The zero-order valence-electron chi connectivity index (χ0n) is 19.6. The number of amides is 1. The first-order valence-corrected chi connectivity index (χ1v) is 12.4. The zero-order valence-corrected chi connectivity index (χ0v) is 21.1. The molecule has 0 radical (unpaired) electrons. The van der Waals surface area contributed by atoms with Crippen LogP contribution in [0.3, 0.4) is 0 Å². The van der Waals surface area contributed by atoms with Gasteiger partial charge in [0.25, 0.3) is 5.91 Å². The fourth-order valence-corrected chi connectivity index (χ4v) is 4.38. The molecule has 4 rings (SSSR count). The molecule has 8 heteroatoms. The van der Waals surface area contributed by atoms with Crippen molar-refractivity contribution in [2.45, 2.75) is 32.6 Å². The predicted octanol–water partition coefficient (Wildman–Crippen LogP) is 8.32. The van der Waals surface area contributed by atoms with Gasteiger partial charge in [-0.15, -0.1) is 0 Å². The molecule has 0 saturated carbocycles. The number of furan rings is 1. The maximum absolute atomic E-state index is 13.3. The molecule has 0 fully saturated rings. The average Bonchev–Trinajstić information content (AvgIpc) is 3.23. The second kappa shape index (κ2) is 11.6. The van der Waals surface area contributed by atoms with Crippen LogP contribution in [0.2, 0.25) is 10.0 Å². The van der Waals surface area contributed by atoms with Gasteiger partial charge >= 0.3 is 0 Å². The molecule has 5 nitrogen and oxygen atoms in total. The molecule has 0 atom stereocenters. The van der Waals surface area contributed by atoms with Crippen molar-refractivity contribution in [2.75, 3.05) is 11.9 Å². The largest absolute Gasteiger partial charge is 0.490 e. The smallest absolute Gasteiger partial charge is 0.255 e. The van der Waals surface area contributed by atoms with E-state index in [1.165, 1.54) is 36.4 Å². The van der Waals surface area contributed by atoms with Gasteiger partial charge in [-0.3, -0.25) is 9.59 Å². The van der Waals surface area contributed by atoms with Crippen molar-refractivity contribution >= 4 is 51.5 Å². The number of carbonyl (C=O) groups excluding carboxylic acids is 2. The quantitative estimate of drug-likeness (QED) is 0.166. The SMILES string of the molecule is CCCCCCOc1c(Cl)cc(C(=O)Nc2c(C(=O)c3ccc(F)cc3)oc3ccccc23)cc1Cl. The van der Waals surface area contributed by atoms with Gasteiger partial charge < -0.3 is 14.5 Å². The van der Waals surface area contributed by atoms with E-state index < -0.39 is 17.5 Å². The van der Waals surface area contributed by atoms with E-state index in [9.17, 15) is 14.0 Å². The molecule has 0 bridgehead atoms. The first kappa shape index (κ1) is 25.7. The van der Waals surface area contributed by atoms with Crippen LogP contribution < -0.4 is 10.1 Å². The number of fused-ring (bicyclic) bond motifs is 1. The third-order valence-electron chi connectivity index (χ3n) is 5.65. The lowest BCUT2D eigenvalue weighted by atomic mass is 10.1. The van der Waals surface area contributed by atoms with Gasteiger partial charge in [-0.1, -0.05) is 61.5 Å². The van der Waals surface area contributed by atoms with Crippen LogP contribution in [0.1, 0.15) is 59.1 Å². The summed E-state index contributed by atoms with van der Waals surface area (Å²) in [5, 5.41) is 3.73. The fraction of sp³-hybridized carbons (Fsp3) is 0.214. The zero-order chi connectivity index (χ0) is 25.7. The Balaban J connectivity index is 1.60. The Morgan fingerprint density at radius 3 is 2.33 bits per heavy atom. The molecule has 0 saturated heterocycles. The molecule has 1 aromatic heterocycles. The Morgan fingerprint density at radius 1 is 0.944 bits per heavy atom. The summed E-state index contributed by atoms with van der Waals surface area (Å²) in [6, 6.07) is 15.0. The summed E-state index contributed by atoms with van der Waals surface area (Å²) < 4.78 is 24.9. The van der Waals surface area contributed by atoms with E-state index in [1.54, 1.807) is 24.3 Å². The molecule has 1 N–H and O–H groups in total. The highest BCUT2D eigenvalue weighted by Crippen LogP contribution is 2.36. The fourth-order valence-electron chi connectivity index (χ4n) is 3.78. The lowest BCUT2D eigenvalue weighted by Crippen LogP contribution is -2.14. The number of benzene rings is 3. The summed E-state index contributed by atoms with van der Waals surface area (Å²) in [6.45, 7) is 2.60. The lowest BCUT2D eigenvalue weighted by Gasteiger charge is -2.12. The standard InChI is InChI=1S/C28H24Cl2FNO4/c1-2-3-4-7-14-35-26-21(29)15-18(16-22(26)30)28(34)32-24-20-8-5-6-9-23(20)36-27(24)25(33)17-10-12-19(31)13-11-17/h5-6,8-13,15-16H,2-4,7,14H2,1H3,(H,32,34). The summed E-state index contributed by atoms with van der Waals surface area (Å²) in [7, 11) is 0. The van der Waals surface area contributed by atoms with Gasteiger partial charge in [-0.05, 0) is 55.0 Å². The maximum Gasteiger partial charge on any atom is 0.255 e. The Morgan fingerprint density at radius 2 is 1.64 bits per heavy atom. The summed E-state index contributed by atoms with van der Waals surface area (Å²) in [5.41, 5.74) is 1.03. The van der Waals surface area contributed by atoms with Crippen LogP contribution in [0.5, 0.6) is 5.75 Å². The van der Waals surface area contributed by atoms with Crippen LogP contribution in [-0.4, -0.2) is 18.3 Å². The van der Waals surface area contributed by atoms with E-state index in [2.05, 4.69) is 12.2 Å². The molecular formula is C28H24Cl2FNO4. The second-order valence-corrected chi connectivity index (χ2v) is 9.09. The van der Waals surface area contributed by atoms with E-state index >= 15 is 0 Å². The number of anilines is 1. The van der Waals surface area contributed by atoms with Gasteiger partial charge in [0.1, 0.15) is 11.4 Å². The van der Waals surface area contributed by atoms with E-state index in [4.69, 9.17) is 32.4 Å². The number of hydrogen-bond donors (Lipinski definition) is 1. The molecule has 3 aromatic carbocycles. The minimum atomic E-state index is -0.534. The van der Waals surface area contributed by atoms with Crippen molar-refractivity contribution in [2.24, 2.45) is 0 Å². The van der Waals surface area contributed by atoms with Gasteiger partial charge in [0.2, 0.25) is 5.78 Å². The second-order valence-electron chi connectivity index (χ2n) is 8.27. The molecular weight excluding hydrogens is 504 g/mol. The minimum Gasteiger partial charge on any atom is -0.490 e. The van der Waals surface area contributed by atoms with Crippen molar-refractivity contribution < 1.29 is 23.1 Å². The number of nitrogens with one attached hydrogen (secondary N) is 1. The third-order valence-corrected chi connectivity index (χ3v) is 6.21. The van der Waals surface area contributed by atoms with Gasteiger partial charge in [0.05, 0.1) is 22.3 Å². The molecule has 1 amide bonds. The van der Waals surface area contributed by atoms with Gasteiger partial charge in [-0.25, -0.2) is 4.39 Å². The van der Waals surface area contributed by atoms with Crippen molar-refractivity contribution in [1.29, 1.82) is 0 Å². The maximum atomic E-state index is 13.3. The first-order chi connectivity index (χ1) is 17.4. The van der Waals surface area contributed by atoms with Crippen molar-refractivity contribution in [3.05, 3.63) is 93.4 Å². The Hall–Kier alpha value is -3.35. The van der Waals surface area contributed by atoms with Crippen molar-refractivity contribution in [3.63, 3.8) is 0 Å². The molecule has 0 aliphatic carbocycles. The molecule has 0 unspecified atom stereocenters. The van der Waals surface area contributed by atoms with E-state index in [1.807, 2.05) is 0 Å². The number of para-hydroxylation sites is 1. The van der Waals surface area contributed by atoms with Crippen LogP contribution in [0, 0.1) is 5.82 Å². The molecule has 36 heavy (non-hydrogen) atoms. The topological polar surface area (TPSA) is 68.5 Å². The monoisotopic (exact) mass is 527 g/mol. The highest BCUT2D eigenvalue weighted by atomic mass is 35.5. The summed E-state index contributed by atoms with van der Waals surface area (Å²) in [4.78, 5) is 26.3. The third kappa shape index (κ3) is 5.72. The number of unbranched alkanes of at least 4 members (excludes halogenated alkanes) is 3. The van der Waals surface area contributed by atoms with E-state index in [0.717, 1.165) is 25.7 Å². The van der Waals surface area contributed by atoms with Crippen molar-refractivity contribution in [3.8, 4) is 5.75 Å². The molecule has 0 spiro atoms. The van der Waals surface area contributed by atoms with Crippen LogP contribution in [0.25, 0.3) is 11.0 Å². The van der Waals surface area contributed by atoms with Crippen molar-refractivity contribution in [1.82, 2.24) is 0 Å². The number of hydrogen-bond acceptors (Lipinski definition) is 4. The number of halogens is 3. The molecule has 4 aromatic rings. The lowest BCUT2D eigenvalue weighted by molar-refractivity contribution is 0.101. The summed E-state index contributed by atoms with van der Waals surface area (Å²) in [5.74, 6) is -1.24. The van der Waals surface area contributed by atoms with E-state index in [0.29, 0.717) is 23.3 Å². The van der Waals surface area contributed by atoms with Gasteiger partial charge in [-0.2, -0.15) is 0 Å². The molecule has 186 valence electrons.